The van der Waals surface area contributed by atoms with E-state index < -0.39 is 0 Å². The van der Waals surface area contributed by atoms with Gasteiger partial charge < -0.3 is 0 Å². The van der Waals surface area contributed by atoms with E-state index in [1.165, 1.54) is 11.3 Å². The highest BCUT2D eigenvalue weighted by Crippen LogP contribution is 2.20. The third-order valence-corrected chi connectivity index (χ3v) is 4.37. The summed E-state index contributed by atoms with van der Waals surface area (Å²) in [6.45, 7) is 2.36. The number of nitrogens with one attached hydrogen (secondary N) is 1. The summed E-state index contributed by atoms with van der Waals surface area (Å²) in [6.07, 6.45) is 0. The van der Waals surface area contributed by atoms with Gasteiger partial charge in [0.2, 0.25) is 0 Å². The second-order valence-electron chi connectivity index (χ2n) is 4.01. The second-order valence-corrected chi connectivity index (χ2v) is 5.68. The van der Waals surface area contributed by atoms with Gasteiger partial charge in [0.1, 0.15) is 0 Å². The highest BCUT2D eigenvalue weighted by atomic mass is 79.9. The molecule has 5 nitrogen and oxygen atoms in total. The quantitative estimate of drug-likeness (QED) is 0.506. The Hall–Kier alpha value is -1.44. The molecule has 0 atom stereocenters. The van der Waals surface area contributed by atoms with Crippen molar-refractivity contribution >= 4 is 33.2 Å². The van der Waals surface area contributed by atoms with Crippen molar-refractivity contribution in [3.63, 3.8) is 0 Å². The SMILES string of the molecule is Cc1csc(=O)n1Cc1ccc(C(=O)NN)cc1Br. The highest BCUT2D eigenvalue weighted by molar-refractivity contribution is 9.10. The first-order valence-corrected chi connectivity index (χ1v) is 7.14. The largest absolute Gasteiger partial charge is 0.307 e. The standard InChI is InChI=1S/C12H12BrN3O2S/c1-7-6-19-12(18)16(7)5-9-3-2-8(4-10(9)13)11(17)15-14/h2-4,6H,5,14H2,1H3,(H,15,17). The summed E-state index contributed by atoms with van der Waals surface area (Å²) in [6, 6.07) is 5.16. The lowest BCUT2D eigenvalue weighted by atomic mass is 10.1. The van der Waals surface area contributed by atoms with Crippen LogP contribution in [0.3, 0.4) is 0 Å². The minimum atomic E-state index is -0.351. The molecule has 0 unspecified atom stereocenters. The molecule has 2 rings (SSSR count). The van der Waals surface area contributed by atoms with Crippen molar-refractivity contribution in [2.75, 3.05) is 0 Å². The van der Waals surface area contributed by atoms with E-state index in [0.717, 1.165) is 15.7 Å². The number of aryl methyl sites for hydroxylation is 1. The number of nitrogens with zero attached hydrogens (tertiary/aromatic N) is 1. The van der Waals surface area contributed by atoms with Crippen LogP contribution in [0.15, 0.2) is 32.8 Å². The Morgan fingerprint density at radius 3 is 2.79 bits per heavy atom. The predicted octanol–water partition coefficient (Wildman–Crippen LogP) is 1.63. The number of hydrogen-bond donors (Lipinski definition) is 2. The molecule has 1 heterocycles. The fraction of sp³-hybridized carbons (Fsp3) is 0.167. The Kier molecular flexibility index (Phi) is 4.18. The van der Waals surface area contributed by atoms with Gasteiger partial charge in [0.15, 0.2) is 0 Å². The Balaban J connectivity index is 2.32. The number of hydrazine groups is 1. The number of aromatic nitrogens is 1. The van der Waals surface area contributed by atoms with E-state index in [-0.39, 0.29) is 10.8 Å². The molecule has 0 saturated carbocycles. The zero-order chi connectivity index (χ0) is 14.0. The van der Waals surface area contributed by atoms with E-state index in [4.69, 9.17) is 5.84 Å². The van der Waals surface area contributed by atoms with Crippen LogP contribution < -0.4 is 16.1 Å². The van der Waals surface area contributed by atoms with Gasteiger partial charge in [-0.15, -0.1) is 0 Å². The molecule has 7 heteroatoms. The second kappa shape index (κ2) is 5.68. The van der Waals surface area contributed by atoms with Gasteiger partial charge >= 0.3 is 4.87 Å². The Labute approximate surface area is 122 Å². The molecule has 2 aromatic rings. The molecule has 0 saturated heterocycles. The lowest BCUT2D eigenvalue weighted by molar-refractivity contribution is 0.0953. The van der Waals surface area contributed by atoms with Crippen molar-refractivity contribution in [1.82, 2.24) is 9.99 Å². The van der Waals surface area contributed by atoms with Gasteiger partial charge in [0.25, 0.3) is 5.91 Å². The van der Waals surface area contributed by atoms with Gasteiger partial charge in [-0.05, 0) is 24.6 Å². The van der Waals surface area contributed by atoms with E-state index in [2.05, 4.69) is 21.4 Å². The van der Waals surface area contributed by atoms with Crippen LogP contribution in [0.4, 0.5) is 0 Å². The van der Waals surface area contributed by atoms with E-state index in [9.17, 15) is 9.59 Å². The fourth-order valence-electron chi connectivity index (χ4n) is 1.67. The van der Waals surface area contributed by atoms with E-state index in [1.54, 1.807) is 22.8 Å². The molecule has 0 fully saturated rings. The molecule has 1 aromatic heterocycles. The Morgan fingerprint density at radius 2 is 2.26 bits per heavy atom. The average Bonchev–Trinajstić information content (AvgIpc) is 2.71. The van der Waals surface area contributed by atoms with Crippen molar-refractivity contribution < 1.29 is 4.79 Å². The van der Waals surface area contributed by atoms with Crippen LogP contribution in [0.1, 0.15) is 21.6 Å². The summed E-state index contributed by atoms with van der Waals surface area (Å²) < 4.78 is 2.46. The molecule has 0 aliphatic carbocycles. The van der Waals surface area contributed by atoms with Crippen molar-refractivity contribution in [2.24, 2.45) is 5.84 Å². The lowest BCUT2D eigenvalue weighted by Gasteiger charge is -2.08. The Bertz CT molecular complexity index is 678. The minimum Gasteiger partial charge on any atom is -0.299 e. The number of halogens is 1. The molecule has 1 aromatic carbocycles. The van der Waals surface area contributed by atoms with Crippen LogP contribution in [0.5, 0.6) is 0 Å². The number of carbonyl (C=O) groups excluding carboxylic acids is 1. The maximum absolute atomic E-state index is 11.7. The summed E-state index contributed by atoms with van der Waals surface area (Å²) in [7, 11) is 0. The topological polar surface area (TPSA) is 77.1 Å². The third-order valence-electron chi connectivity index (χ3n) is 2.75. The van der Waals surface area contributed by atoms with E-state index in [1.807, 2.05) is 12.3 Å². The normalized spacial score (nSPS) is 10.5. The van der Waals surface area contributed by atoms with Crippen molar-refractivity contribution in [3.05, 3.63) is 54.5 Å². The molecule has 19 heavy (non-hydrogen) atoms. The maximum Gasteiger partial charge on any atom is 0.307 e. The number of carbonyl (C=O) groups is 1. The average molecular weight is 342 g/mol. The van der Waals surface area contributed by atoms with Gasteiger partial charge in [0.05, 0.1) is 6.54 Å². The lowest BCUT2D eigenvalue weighted by Crippen LogP contribution is -2.30. The van der Waals surface area contributed by atoms with Crippen molar-refractivity contribution in [2.45, 2.75) is 13.5 Å². The van der Waals surface area contributed by atoms with Gasteiger partial charge in [-0.3, -0.25) is 19.6 Å². The first-order chi connectivity index (χ1) is 9.02. The molecular weight excluding hydrogens is 330 g/mol. The molecule has 0 radical (unpaired) electrons. The van der Waals surface area contributed by atoms with E-state index in [0.29, 0.717) is 12.1 Å². The molecule has 0 bridgehead atoms. The van der Waals surface area contributed by atoms with Crippen LogP contribution in [0, 0.1) is 6.92 Å². The molecule has 0 aliphatic rings. The van der Waals surface area contributed by atoms with Crippen LogP contribution in [0.25, 0.3) is 0 Å². The smallest absolute Gasteiger partial charge is 0.299 e. The Morgan fingerprint density at radius 1 is 1.53 bits per heavy atom. The summed E-state index contributed by atoms with van der Waals surface area (Å²) >= 11 is 4.59. The molecular formula is C12H12BrN3O2S. The zero-order valence-electron chi connectivity index (χ0n) is 10.1. The summed E-state index contributed by atoms with van der Waals surface area (Å²) in [5.74, 6) is 4.73. The van der Waals surface area contributed by atoms with Crippen molar-refractivity contribution in [1.29, 1.82) is 0 Å². The highest BCUT2D eigenvalue weighted by Gasteiger charge is 2.09. The fourth-order valence-corrected chi connectivity index (χ4v) is 2.91. The number of amides is 1. The summed E-state index contributed by atoms with van der Waals surface area (Å²) in [5.41, 5.74) is 4.39. The molecule has 100 valence electrons. The number of nitrogen functional groups attached to an aromatic ring is 1. The summed E-state index contributed by atoms with van der Waals surface area (Å²) in [4.78, 5) is 23.1. The minimum absolute atomic E-state index is 0.00757. The van der Waals surface area contributed by atoms with Gasteiger partial charge in [-0.2, -0.15) is 0 Å². The molecule has 3 N–H and O–H groups in total. The van der Waals surface area contributed by atoms with Crippen molar-refractivity contribution in [3.8, 4) is 0 Å². The summed E-state index contributed by atoms with van der Waals surface area (Å²) in [5, 5.41) is 1.83. The zero-order valence-corrected chi connectivity index (χ0v) is 12.5. The van der Waals surface area contributed by atoms with Gasteiger partial charge in [-0.25, -0.2) is 5.84 Å². The molecule has 0 aliphatic heterocycles. The number of rotatable bonds is 3. The number of hydrogen-bond acceptors (Lipinski definition) is 4. The maximum atomic E-state index is 11.7. The third kappa shape index (κ3) is 2.94. The van der Waals surface area contributed by atoms with Gasteiger partial charge in [0, 0.05) is 21.1 Å². The number of thiazole rings is 1. The number of nitrogens with two attached hydrogens (primary N) is 1. The first-order valence-electron chi connectivity index (χ1n) is 5.47. The van der Waals surface area contributed by atoms with Crippen LogP contribution in [0.2, 0.25) is 0 Å². The molecule has 1 amide bonds. The van der Waals surface area contributed by atoms with E-state index >= 15 is 0 Å². The van der Waals surface area contributed by atoms with Crippen LogP contribution >= 0.6 is 27.3 Å². The van der Waals surface area contributed by atoms with Crippen LogP contribution in [-0.4, -0.2) is 10.5 Å². The number of benzene rings is 1. The monoisotopic (exact) mass is 341 g/mol. The molecule has 0 spiro atoms. The predicted molar refractivity (Wildman–Crippen MR) is 78.2 cm³/mol. The van der Waals surface area contributed by atoms with Crippen LogP contribution in [-0.2, 0) is 6.54 Å². The first kappa shape index (κ1) is 14.0. The van der Waals surface area contributed by atoms with Gasteiger partial charge in [-0.1, -0.05) is 33.3 Å².